The second-order valence-corrected chi connectivity index (χ2v) is 4.51. The predicted molar refractivity (Wildman–Crippen MR) is 71.1 cm³/mol. The average molecular weight is 246 g/mol. The number of rotatable bonds is 4. The highest BCUT2D eigenvalue weighted by atomic mass is 16.3. The Kier molecular flexibility index (Phi) is 3.67. The van der Waals surface area contributed by atoms with E-state index in [-0.39, 0.29) is 18.9 Å². The van der Waals surface area contributed by atoms with Gasteiger partial charge in [0, 0.05) is 44.2 Å². The van der Waals surface area contributed by atoms with Gasteiger partial charge in [0.1, 0.15) is 0 Å². The molecule has 0 saturated heterocycles. The van der Waals surface area contributed by atoms with E-state index in [2.05, 4.69) is 16.7 Å². The summed E-state index contributed by atoms with van der Waals surface area (Å²) in [5.74, 6) is -0.0366. The van der Waals surface area contributed by atoms with E-state index in [0.717, 1.165) is 11.1 Å². The van der Waals surface area contributed by atoms with E-state index in [0.29, 0.717) is 6.54 Å². The maximum absolute atomic E-state index is 11.6. The molecule has 0 saturated carbocycles. The number of hydrogen-bond donors (Lipinski definition) is 1. The van der Waals surface area contributed by atoms with Gasteiger partial charge in [-0.1, -0.05) is 18.2 Å². The summed E-state index contributed by atoms with van der Waals surface area (Å²) < 4.78 is 2.06. The number of carbonyl (C=O) groups excluding carboxylic acids is 1. The Balaban J connectivity index is 2.24. The van der Waals surface area contributed by atoms with Crippen molar-refractivity contribution < 1.29 is 9.90 Å². The Morgan fingerprint density at radius 3 is 2.83 bits per heavy atom. The van der Waals surface area contributed by atoms with E-state index in [1.54, 1.807) is 11.9 Å². The SMILES string of the molecule is CN(Cc1cn(C)c2ccccc12)C(=O)CCO. The Labute approximate surface area is 106 Å². The number of aryl methyl sites for hydroxylation is 1. The zero-order valence-corrected chi connectivity index (χ0v) is 10.8. The highest BCUT2D eigenvalue weighted by molar-refractivity contribution is 5.84. The molecule has 0 aliphatic heterocycles. The van der Waals surface area contributed by atoms with E-state index in [1.807, 2.05) is 25.4 Å². The minimum atomic E-state index is -0.0985. The highest BCUT2D eigenvalue weighted by Gasteiger charge is 2.12. The molecule has 0 fully saturated rings. The van der Waals surface area contributed by atoms with Crippen LogP contribution in [0.3, 0.4) is 0 Å². The van der Waals surface area contributed by atoms with Crippen molar-refractivity contribution in [3.63, 3.8) is 0 Å². The summed E-state index contributed by atoms with van der Waals surface area (Å²) >= 11 is 0. The fourth-order valence-electron chi connectivity index (χ4n) is 2.18. The molecule has 0 atom stereocenters. The summed E-state index contributed by atoms with van der Waals surface area (Å²) in [6.07, 6.45) is 2.23. The molecule has 0 aliphatic carbocycles. The second-order valence-electron chi connectivity index (χ2n) is 4.51. The smallest absolute Gasteiger partial charge is 0.224 e. The molecule has 96 valence electrons. The molecule has 1 aromatic carbocycles. The molecule has 4 nitrogen and oxygen atoms in total. The number of hydrogen-bond acceptors (Lipinski definition) is 2. The van der Waals surface area contributed by atoms with Crippen LogP contribution in [-0.4, -0.2) is 34.1 Å². The van der Waals surface area contributed by atoms with Crippen LogP contribution in [0.4, 0.5) is 0 Å². The molecule has 0 radical (unpaired) electrons. The molecule has 0 unspecified atom stereocenters. The highest BCUT2D eigenvalue weighted by Crippen LogP contribution is 2.21. The molecule has 18 heavy (non-hydrogen) atoms. The maximum atomic E-state index is 11.6. The molecule has 1 N–H and O–H groups in total. The number of benzene rings is 1. The maximum Gasteiger partial charge on any atom is 0.224 e. The Bertz CT molecular complexity index is 560. The van der Waals surface area contributed by atoms with Gasteiger partial charge >= 0.3 is 0 Å². The topological polar surface area (TPSA) is 45.5 Å². The molecule has 2 rings (SSSR count). The molecule has 1 aromatic heterocycles. The average Bonchev–Trinajstić information content (AvgIpc) is 2.67. The van der Waals surface area contributed by atoms with Crippen molar-refractivity contribution in [2.75, 3.05) is 13.7 Å². The van der Waals surface area contributed by atoms with Crippen LogP contribution in [0.5, 0.6) is 0 Å². The number of aromatic nitrogens is 1. The molecule has 1 amide bonds. The van der Waals surface area contributed by atoms with Gasteiger partial charge < -0.3 is 14.6 Å². The van der Waals surface area contributed by atoms with Crippen molar-refractivity contribution in [3.8, 4) is 0 Å². The van der Waals surface area contributed by atoms with Gasteiger partial charge in [-0.3, -0.25) is 4.79 Å². The van der Waals surface area contributed by atoms with Gasteiger partial charge in [-0.25, -0.2) is 0 Å². The Morgan fingerprint density at radius 2 is 2.11 bits per heavy atom. The summed E-state index contributed by atoms with van der Waals surface area (Å²) in [5.41, 5.74) is 2.29. The first-order chi connectivity index (χ1) is 8.63. The molecular formula is C14H18N2O2. The minimum Gasteiger partial charge on any atom is -0.396 e. The normalized spacial score (nSPS) is 10.8. The summed E-state index contributed by atoms with van der Waals surface area (Å²) in [6.45, 7) is 0.471. The molecule has 2 aromatic rings. The van der Waals surface area contributed by atoms with Crippen molar-refractivity contribution in [2.24, 2.45) is 7.05 Å². The third-order valence-corrected chi connectivity index (χ3v) is 3.14. The van der Waals surface area contributed by atoms with Crippen LogP contribution in [0, 0.1) is 0 Å². The van der Waals surface area contributed by atoms with Gasteiger partial charge in [0.2, 0.25) is 5.91 Å². The van der Waals surface area contributed by atoms with Gasteiger partial charge in [0.15, 0.2) is 0 Å². The first kappa shape index (κ1) is 12.6. The fourth-order valence-corrected chi connectivity index (χ4v) is 2.18. The summed E-state index contributed by atoms with van der Waals surface area (Å²) in [4.78, 5) is 13.3. The molecule has 0 aliphatic rings. The number of carbonyl (C=O) groups is 1. The molecule has 0 spiro atoms. The number of nitrogens with zero attached hydrogens (tertiary/aromatic N) is 2. The minimum absolute atomic E-state index is 0.0366. The third kappa shape index (κ3) is 2.38. The first-order valence-electron chi connectivity index (χ1n) is 6.01. The summed E-state index contributed by atoms with van der Waals surface area (Å²) in [6, 6.07) is 8.14. The first-order valence-corrected chi connectivity index (χ1v) is 6.01. The second kappa shape index (κ2) is 5.23. The summed E-state index contributed by atoms with van der Waals surface area (Å²) in [5, 5.41) is 9.95. The lowest BCUT2D eigenvalue weighted by Gasteiger charge is -2.16. The van der Waals surface area contributed by atoms with Crippen molar-refractivity contribution in [2.45, 2.75) is 13.0 Å². The monoisotopic (exact) mass is 246 g/mol. The third-order valence-electron chi connectivity index (χ3n) is 3.14. The standard InChI is InChI=1S/C14H18N2O2/c1-15-9-11(10-16(2)14(18)7-8-17)12-5-3-4-6-13(12)15/h3-6,9,17H,7-8,10H2,1-2H3. The van der Waals surface area contributed by atoms with Crippen LogP contribution >= 0.6 is 0 Å². The predicted octanol–water partition coefficient (Wildman–Crippen LogP) is 1.52. The molecule has 0 bridgehead atoms. The zero-order chi connectivity index (χ0) is 13.1. The quantitative estimate of drug-likeness (QED) is 0.889. The number of fused-ring (bicyclic) bond motifs is 1. The fraction of sp³-hybridized carbons (Fsp3) is 0.357. The van der Waals surface area contributed by atoms with Crippen molar-refractivity contribution >= 4 is 16.8 Å². The van der Waals surface area contributed by atoms with Crippen LogP contribution in [0.2, 0.25) is 0 Å². The Morgan fingerprint density at radius 1 is 1.39 bits per heavy atom. The summed E-state index contributed by atoms with van der Waals surface area (Å²) in [7, 11) is 3.77. The molecular weight excluding hydrogens is 228 g/mol. The van der Waals surface area contributed by atoms with Crippen molar-refractivity contribution in [3.05, 3.63) is 36.0 Å². The van der Waals surface area contributed by atoms with E-state index < -0.39 is 0 Å². The lowest BCUT2D eigenvalue weighted by atomic mass is 10.1. The van der Waals surface area contributed by atoms with Crippen LogP contribution in [-0.2, 0) is 18.4 Å². The molecule has 1 heterocycles. The number of para-hydroxylation sites is 1. The zero-order valence-electron chi connectivity index (χ0n) is 10.8. The largest absolute Gasteiger partial charge is 0.396 e. The van der Waals surface area contributed by atoms with E-state index in [1.165, 1.54) is 5.39 Å². The lowest BCUT2D eigenvalue weighted by molar-refractivity contribution is -0.131. The van der Waals surface area contributed by atoms with Crippen LogP contribution in [0.15, 0.2) is 30.5 Å². The van der Waals surface area contributed by atoms with Crippen molar-refractivity contribution in [1.82, 2.24) is 9.47 Å². The van der Waals surface area contributed by atoms with Crippen LogP contribution < -0.4 is 0 Å². The van der Waals surface area contributed by atoms with Crippen molar-refractivity contribution in [1.29, 1.82) is 0 Å². The molecule has 4 heteroatoms. The number of aliphatic hydroxyl groups excluding tert-OH is 1. The number of amides is 1. The van der Waals surface area contributed by atoms with Crippen LogP contribution in [0.25, 0.3) is 10.9 Å². The van der Waals surface area contributed by atoms with E-state index in [9.17, 15) is 4.79 Å². The van der Waals surface area contributed by atoms with Gasteiger partial charge in [-0.15, -0.1) is 0 Å². The Hall–Kier alpha value is -1.81. The van der Waals surface area contributed by atoms with Gasteiger partial charge in [-0.05, 0) is 11.6 Å². The van der Waals surface area contributed by atoms with E-state index in [4.69, 9.17) is 5.11 Å². The van der Waals surface area contributed by atoms with Gasteiger partial charge in [-0.2, -0.15) is 0 Å². The van der Waals surface area contributed by atoms with Gasteiger partial charge in [0.25, 0.3) is 0 Å². The lowest BCUT2D eigenvalue weighted by Crippen LogP contribution is -2.26. The van der Waals surface area contributed by atoms with E-state index >= 15 is 0 Å². The van der Waals surface area contributed by atoms with Gasteiger partial charge in [0.05, 0.1) is 6.61 Å². The number of aliphatic hydroxyl groups is 1. The van der Waals surface area contributed by atoms with Crippen LogP contribution in [0.1, 0.15) is 12.0 Å².